The Balaban J connectivity index is 2.31. The lowest BCUT2D eigenvalue weighted by molar-refractivity contribution is -0.383. The molecule has 0 fully saturated rings. The number of rotatable bonds is 6. The zero-order chi connectivity index (χ0) is 14.5. The van der Waals surface area contributed by atoms with Gasteiger partial charge in [-0.2, -0.15) is 0 Å². The first-order valence-corrected chi connectivity index (χ1v) is 6.51. The lowest BCUT2D eigenvalue weighted by atomic mass is 10.1. The smallest absolute Gasteiger partial charge is 0.295 e. The van der Waals surface area contributed by atoms with Crippen LogP contribution in [-0.4, -0.2) is 29.2 Å². The predicted molar refractivity (Wildman–Crippen MR) is 78.0 cm³/mol. The SMILES string of the molecule is CCOC(C)CNc1ccnc2c([N+](=O)[O-])cccc12. The topological polar surface area (TPSA) is 77.3 Å². The number of pyridine rings is 1. The molecule has 0 aliphatic rings. The third-order valence-corrected chi connectivity index (χ3v) is 2.98. The van der Waals surface area contributed by atoms with Gasteiger partial charge >= 0.3 is 0 Å². The molecule has 0 saturated carbocycles. The minimum absolute atomic E-state index is 0.0176. The maximum atomic E-state index is 11.0. The van der Waals surface area contributed by atoms with Gasteiger partial charge in [-0.25, -0.2) is 4.98 Å². The van der Waals surface area contributed by atoms with Crippen LogP contribution in [-0.2, 0) is 4.74 Å². The zero-order valence-corrected chi connectivity index (χ0v) is 11.5. The van der Waals surface area contributed by atoms with Crippen molar-refractivity contribution in [3.63, 3.8) is 0 Å². The second-order valence-electron chi connectivity index (χ2n) is 4.44. The van der Waals surface area contributed by atoms with Crippen LogP contribution in [0.25, 0.3) is 10.9 Å². The van der Waals surface area contributed by atoms with Crippen LogP contribution in [0.3, 0.4) is 0 Å². The molecule has 0 aliphatic heterocycles. The molecule has 1 aromatic carbocycles. The number of ether oxygens (including phenoxy) is 1. The van der Waals surface area contributed by atoms with E-state index in [1.807, 2.05) is 26.0 Å². The Bertz CT molecular complexity index is 616. The van der Waals surface area contributed by atoms with E-state index in [-0.39, 0.29) is 11.8 Å². The standard InChI is InChI=1S/C14H17N3O3/c1-3-20-10(2)9-16-12-7-8-15-14-11(12)5-4-6-13(14)17(18)19/h4-8,10H,3,9H2,1-2H3,(H,15,16). The van der Waals surface area contributed by atoms with Crippen LogP contribution in [0.1, 0.15) is 13.8 Å². The minimum atomic E-state index is -0.415. The molecule has 106 valence electrons. The van der Waals surface area contributed by atoms with E-state index in [0.29, 0.717) is 18.7 Å². The molecular weight excluding hydrogens is 258 g/mol. The third-order valence-electron chi connectivity index (χ3n) is 2.98. The van der Waals surface area contributed by atoms with Gasteiger partial charge in [-0.3, -0.25) is 10.1 Å². The summed E-state index contributed by atoms with van der Waals surface area (Å²) in [6, 6.07) is 6.76. The number of nitro groups is 1. The number of hydrogen-bond donors (Lipinski definition) is 1. The first-order chi connectivity index (χ1) is 9.63. The molecule has 2 rings (SSSR count). The van der Waals surface area contributed by atoms with Gasteiger partial charge in [0, 0.05) is 36.5 Å². The van der Waals surface area contributed by atoms with Crippen molar-refractivity contribution in [1.82, 2.24) is 4.98 Å². The average molecular weight is 275 g/mol. The minimum Gasteiger partial charge on any atom is -0.382 e. The van der Waals surface area contributed by atoms with Gasteiger partial charge in [0.1, 0.15) is 5.52 Å². The summed E-state index contributed by atoms with van der Waals surface area (Å²) in [7, 11) is 0. The number of para-hydroxylation sites is 1. The molecule has 0 amide bonds. The fourth-order valence-electron chi connectivity index (χ4n) is 2.06. The number of nitro benzene ring substituents is 1. The molecule has 6 nitrogen and oxygen atoms in total. The lowest BCUT2D eigenvalue weighted by Crippen LogP contribution is -2.19. The molecule has 1 unspecified atom stereocenters. The van der Waals surface area contributed by atoms with E-state index in [4.69, 9.17) is 4.74 Å². The molecular formula is C14H17N3O3. The molecule has 0 saturated heterocycles. The van der Waals surface area contributed by atoms with Gasteiger partial charge in [0.05, 0.1) is 11.0 Å². The molecule has 20 heavy (non-hydrogen) atoms. The van der Waals surface area contributed by atoms with Crippen molar-refractivity contribution < 1.29 is 9.66 Å². The Kier molecular flexibility index (Phi) is 4.47. The molecule has 0 spiro atoms. The van der Waals surface area contributed by atoms with Crippen molar-refractivity contribution in [1.29, 1.82) is 0 Å². The fourth-order valence-corrected chi connectivity index (χ4v) is 2.06. The van der Waals surface area contributed by atoms with E-state index >= 15 is 0 Å². The van der Waals surface area contributed by atoms with Crippen LogP contribution in [0, 0.1) is 10.1 Å². The Labute approximate surface area is 116 Å². The molecule has 1 heterocycles. The lowest BCUT2D eigenvalue weighted by Gasteiger charge is -2.14. The van der Waals surface area contributed by atoms with Crippen LogP contribution in [0.4, 0.5) is 11.4 Å². The predicted octanol–water partition coefficient (Wildman–Crippen LogP) is 2.98. The second kappa shape index (κ2) is 6.29. The summed E-state index contributed by atoms with van der Waals surface area (Å²) in [6.45, 7) is 5.21. The summed E-state index contributed by atoms with van der Waals surface area (Å²) in [5, 5.41) is 15.0. The average Bonchev–Trinajstić information content (AvgIpc) is 2.44. The number of nitrogens with zero attached hydrogens (tertiary/aromatic N) is 2. The number of fused-ring (bicyclic) bond motifs is 1. The van der Waals surface area contributed by atoms with Crippen molar-refractivity contribution in [3.05, 3.63) is 40.6 Å². The van der Waals surface area contributed by atoms with Gasteiger partial charge in [-0.05, 0) is 19.9 Å². The molecule has 0 bridgehead atoms. The summed E-state index contributed by atoms with van der Waals surface area (Å²) in [5.41, 5.74) is 1.24. The van der Waals surface area contributed by atoms with Crippen LogP contribution in [0.15, 0.2) is 30.5 Å². The van der Waals surface area contributed by atoms with E-state index in [0.717, 1.165) is 11.1 Å². The van der Waals surface area contributed by atoms with Gasteiger partial charge in [-0.15, -0.1) is 0 Å². The van der Waals surface area contributed by atoms with Crippen LogP contribution in [0.2, 0.25) is 0 Å². The highest BCUT2D eigenvalue weighted by Gasteiger charge is 2.14. The molecule has 1 aromatic heterocycles. The summed E-state index contributed by atoms with van der Waals surface area (Å²) in [4.78, 5) is 14.7. The maximum absolute atomic E-state index is 11.0. The van der Waals surface area contributed by atoms with Crippen LogP contribution >= 0.6 is 0 Å². The van der Waals surface area contributed by atoms with Crippen molar-refractivity contribution in [2.75, 3.05) is 18.5 Å². The number of hydrogen-bond acceptors (Lipinski definition) is 5. The Morgan fingerprint density at radius 3 is 2.95 bits per heavy atom. The first kappa shape index (κ1) is 14.2. The van der Waals surface area contributed by atoms with Crippen molar-refractivity contribution >= 4 is 22.3 Å². The fraction of sp³-hybridized carbons (Fsp3) is 0.357. The van der Waals surface area contributed by atoms with Gasteiger partial charge in [0.2, 0.25) is 0 Å². The highest BCUT2D eigenvalue weighted by atomic mass is 16.6. The second-order valence-corrected chi connectivity index (χ2v) is 4.44. The molecule has 0 aliphatic carbocycles. The number of anilines is 1. The van der Waals surface area contributed by atoms with Gasteiger partial charge in [0.15, 0.2) is 0 Å². The summed E-state index contributed by atoms with van der Waals surface area (Å²) in [6.07, 6.45) is 1.64. The van der Waals surface area contributed by atoms with Crippen LogP contribution in [0.5, 0.6) is 0 Å². The quantitative estimate of drug-likeness (QED) is 0.647. The summed E-state index contributed by atoms with van der Waals surface area (Å²) >= 11 is 0. The molecule has 6 heteroatoms. The van der Waals surface area contributed by atoms with E-state index in [1.165, 1.54) is 6.07 Å². The Morgan fingerprint density at radius 2 is 2.25 bits per heavy atom. The van der Waals surface area contributed by atoms with E-state index < -0.39 is 4.92 Å². The van der Waals surface area contributed by atoms with Crippen molar-refractivity contribution in [3.8, 4) is 0 Å². The van der Waals surface area contributed by atoms with E-state index in [2.05, 4.69) is 10.3 Å². The summed E-state index contributed by atoms with van der Waals surface area (Å²) < 4.78 is 5.45. The Morgan fingerprint density at radius 1 is 1.45 bits per heavy atom. The maximum Gasteiger partial charge on any atom is 0.295 e. The normalized spacial score (nSPS) is 12.3. The zero-order valence-electron chi connectivity index (χ0n) is 11.5. The molecule has 1 N–H and O–H groups in total. The monoisotopic (exact) mass is 275 g/mol. The number of aromatic nitrogens is 1. The Hall–Kier alpha value is -2.21. The summed E-state index contributed by atoms with van der Waals surface area (Å²) in [5.74, 6) is 0. The van der Waals surface area contributed by atoms with E-state index in [9.17, 15) is 10.1 Å². The number of benzene rings is 1. The number of nitrogens with one attached hydrogen (secondary N) is 1. The van der Waals surface area contributed by atoms with Crippen LogP contribution < -0.4 is 5.32 Å². The van der Waals surface area contributed by atoms with Gasteiger partial charge in [-0.1, -0.05) is 12.1 Å². The third kappa shape index (κ3) is 3.03. The molecule has 2 aromatic rings. The van der Waals surface area contributed by atoms with Gasteiger partial charge < -0.3 is 10.1 Å². The van der Waals surface area contributed by atoms with Gasteiger partial charge in [0.25, 0.3) is 5.69 Å². The molecule has 1 atom stereocenters. The van der Waals surface area contributed by atoms with Crippen molar-refractivity contribution in [2.45, 2.75) is 20.0 Å². The number of non-ortho nitro benzene ring substituents is 1. The largest absolute Gasteiger partial charge is 0.382 e. The first-order valence-electron chi connectivity index (χ1n) is 6.51. The van der Waals surface area contributed by atoms with E-state index in [1.54, 1.807) is 12.3 Å². The highest BCUT2D eigenvalue weighted by Crippen LogP contribution is 2.28. The molecule has 0 radical (unpaired) electrons. The highest BCUT2D eigenvalue weighted by molar-refractivity contribution is 5.96. The van der Waals surface area contributed by atoms with Crippen molar-refractivity contribution in [2.24, 2.45) is 0 Å².